The van der Waals surface area contributed by atoms with Crippen molar-refractivity contribution in [3.63, 3.8) is 0 Å². The molecule has 0 amide bonds. The molecule has 3 aliphatic carbocycles. The third-order valence-corrected chi connectivity index (χ3v) is 4.75. The van der Waals surface area contributed by atoms with Gasteiger partial charge < -0.3 is 0 Å². The highest BCUT2D eigenvalue weighted by Gasteiger charge is 2.56. The van der Waals surface area contributed by atoms with E-state index in [1.165, 1.54) is 24.2 Å². The van der Waals surface area contributed by atoms with Crippen molar-refractivity contribution in [2.24, 2.45) is 29.6 Å². The molecule has 0 N–H and O–H groups in total. The lowest BCUT2D eigenvalue weighted by Crippen LogP contribution is -1.96. The predicted octanol–water partition coefficient (Wildman–Crippen LogP) is 3.47. The van der Waals surface area contributed by atoms with Crippen molar-refractivity contribution in [3.05, 3.63) is 0 Å². The zero-order chi connectivity index (χ0) is 8.13. The highest BCUT2D eigenvalue weighted by atomic mass is 14.6. The molecular formula is C12H20. The summed E-state index contributed by atoms with van der Waals surface area (Å²) in [7, 11) is 0. The van der Waals surface area contributed by atoms with Crippen LogP contribution in [0, 0.1) is 29.6 Å². The maximum atomic E-state index is 2.43. The highest BCUT2D eigenvalue weighted by molar-refractivity contribution is 5.05. The zero-order valence-electron chi connectivity index (χ0n) is 8.13. The first-order chi connectivity index (χ1) is 5.84. The first-order valence-corrected chi connectivity index (χ1v) is 5.84. The summed E-state index contributed by atoms with van der Waals surface area (Å²) >= 11 is 0. The van der Waals surface area contributed by atoms with Crippen LogP contribution >= 0.6 is 0 Å². The molecule has 4 atom stereocenters. The lowest BCUT2D eigenvalue weighted by atomic mass is 9.99. The Hall–Kier alpha value is 0. The molecule has 0 aromatic heterocycles. The van der Waals surface area contributed by atoms with Crippen LogP contribution in [0.3, 0.4) is 0 Å². The van der Waals surface area contributed by atoms with Gasteiger partial charge in [-0.05, 0) is 55.3 Å². The molecule has 12 heavy (non-hydrogen) atoms. The summed E-state index contributed by atoms with van der Waals surface area (Å²) in [6.07, 6.45) is 9.40. The van der Waals surface area contributed by atoms with Gasteiger partial charge in [-0.2, -0.15) is 0 Å². The van der Waals surface area contributed by atoms with E-state index in [0.717, 1.165) is 11.8 Å². The van der Waals surface area contributed by atoms with Gasteiger partial charge in [-0.3, -0.25) is 0 Å². The highest BCUT2D eigenvalue weighted by Crippen LogP contribution is 2.64. The van der Waals surface area contributed by atoms with Crippen LogP contribution in [0.25, 0.3) is 0 Å². The summed E-state index contributed by atoms with van der Waals surface area (Å²) in [5.41, 5.74) is 0. The van der Waals surface area contributed by atoms with Crippen molar-refractivity contribution >= 4 is 0 Å². The van der Waals surface area contributed by atoms with Crippen molar-refractivity contribution in [1.29, 1.82) is 0 Å². The average Bonchev–Trinajstić information content (AvgIpc) is 2.37. The van der Waals surface area contributed by atoms with E-state index >= 15 is 0 Å². The third-order valence-electron chi connectivity index (χ3n) is 4.75. The predicted molar refractivity (Wildman–Crippen MR) is 50.8 cm³/mol. The van der Waals surface area contributed by atoms with E-state index < -0.39 is 0 Å². The Bertz CT molecular complexity index is 174. The molecule has 3 fully saturated rings. The Kier molecular flexibility index (Phi) is 1.54. The molecule has 0 bridgehead atoms. The second-order valence-electron chi connectivity index (χ2n) is 5.59. The van der Waals surface area contributed by atoms with E-state index in [1.807, 2.05) is 0 Å². The minimum Gasteiger partial charge on any atom is -0.0625 e. The monoisotopic (exact) mass is 164 g/mol. The van der Waals surface area contributed by atoms with Gasteiger partial charge in [0.1, 0.15) is 0 Å². The molecule has 3 rings (SSSR count). The van der Waals surface area contributed by atoms with E-state index in [-0.39, 0.29) is 0 Å². The van der Waals surface area contributed by atoms with E-state index in [4.69, 9.17) is 0 Å². The van der Waals surface area contributed by atoms with E-state index in [1.54, 1.807) is 32.1 Å². The summed E-state index contributed by atoms with van der Waals surface area (Å²) in [4.78, 5) is 0. The van der Waals surface area contributed by atoms with Gasteiger partial charge in [0.2, 0.25) is 0 Å². The standard InChI is InChI=1S/C12H20/c1-8-2-3-9(6-8)7-12-10-4-5-11(10)12/h8-12H,2-7H2,1H3. The third kappa shape index (κ3) is 1.03. The second-order valence-corrected chi connectivity index (χ2v) is 5.59. The van der Waals surface area contributed by atoms with Gasteiger partial charge >= 0.3 is 0 Å². The first-order valence-electron chi connectivity index (χ1n) is 5.84. The van der Waals surface area contributed by atoms with Crippen LogP contribution in [0.1, 0.15) is 45.4 Å². The first kappa shape index (κ1) is 7.41. The van der Waals surface area contributed by atoms with E-state index in [2.05, 4.69) is 6.92 Å². The van der Waals surface area contributed by atoms with Gasteiger partial charge in [-0.15, -0.1) is 0 Å². The van der Waals surface area contributed by atoms with Gasteiger partial charge in [0.25, 0.3) is 0 Å². The summed E-state index contributed by atoms with van der Waals surface area (Å²) in [6.45, 7) is 2.43. The van der Waals surface area contributed by atoms with Gasteiger partial charge in [-0.25, -0.2) is 0 Å². The van der Waals surface area contributed by atoms with Crippen molar-refractivity contribution in [2.75, 3.05) is 0 Å². The van der Waals surface area contributed by atoms with Crippen LogP contribution < -0.4 is 0 Å². The molecule has 0 heteroatoms. The van der Waals surface area contributed by atoms with Crippen LogP contribution in [-0.4, -0.2) is 0 Å². The van der Waals surface area contributed by atoms with Crippen LogP contribution in [0.4, 0.5) is 0 Å². The minimum absolute atomic E-state index is 1.05. The molecule has 0 saturated heterocycles. The number of hydrogen-bond donors (Lipinski definition) is 0. The Labute approximate surface area is 75.7 Å². The van der Waals surface area contributed by atoms with Crippen molar-refractivity contribution in [3.8, 4) is 0 Å². The molecule has 3 aliphatic rings. The molecule has 0 heterocycles. The molecule has 0 aliphatic heterocycles. The van der Waals surface area contributed by atoms with E-state index in [9.17, 15) is 0 Å². The van der Waals surface area contributed by atoms with Gasteiger partial charge in [0.05, 0.1) is 0 Å². The summed E-state index contributed by atoms with van der Waals surface area (Å²) in [5, 5.41) is 0. The Morgan fingerprint density at radius 3 is 2.25 bits per heavy atom. The second kappa shape index (κ2) is 2.49. The lowest BCUT2D eigenvalue weighted by molar-refractivity contribution is 0.441. The van der Waals surface area contributed by atoms with Crippen molar-refractivity contribution in [1.82, 2.24) is 0 Å². The molecule has 0 nitrogen and oxygen atoms in total. The molecule has 0 radical (unpaired) electrons. The molecule has 4 unspecified atom stereocenters. The molecule has 3 saturated carbocycles. The topological polar surface area (TPSA) is 0 Å². The lowest BCUT2D eigenvalue weighted by Gasteiger charge is -2.07. The summed E-state index contributed by atoms with van der Waals surface area (Å²) in [6, 6.07) is 0. The molecule has 68 valence electrons. The quantitative estimate of drug-likeness (QED) is 0.586. The fourth-order valence-corrected chi connectivity index (χ4v) is 3.78. The Morgan fingerprint density at radius 1 is 1.00 bits per heavy atom. The molecular weight excluding hydrogens is 144 g/mol. The maximum Gasteiger partial charge on any atom is -0.0349 e. The smallest absolute Gasteiger partial charge is 0.0349 e. The van der Waals surface area contributed by atoms with E-state index in [0.29, 0.717) is 0 Å². The maximum absolute atomic E-state index is 2.43. The summed E-state index contributed by atoms with van der Waals surface area (Å²) in [5.74, 6) is 5.84. The van der Waals surface area contributed by atoms with Gasteiger partial charge in [-0.1, -0.05) is 19.8 Å². The van der Waals surface area contributed by atoms with Crippen LogP contribution in [0.5, 0.6) is 0 Å². The van der Waals surface area contributed by atoms with Gasteiger partial charge in [0, 0.05) is 0 Å². The zero-order valence-corrected chi connectivity index (χ0v) is 8.13. The largest absolute Gasteiger partial charge is 0.0625 e. The molecule has 0 aromatic carbocycles. The molecule has 0 spiro atoms. The van der Waals surface area contributed by atoms with Crippen LogP contribution in [0.15, 0.2) is 0 Å². The fraction of sp³-hybridized carbons (Fsp3) is 1.00. The Balaban J connectivity index is 1.50. The number of fused-ring (bicyclic) bond motifs is 1. The van der Waals surface area contributed by atoms with Crippen molar-refractivity contribution in [2.45, 2.75) is 45.4 Å². The SMILES string of the molecule is CC1CCC(CC2C3CCC32)C1. The average molecular weight is 164 g/mol. The van der Waals surface area contributed by atoms with Crippen molar-refractivity contribution < 1.29 is 0 Å². The summed E-state index contributed by atoms with van der Waals surface area (Å²) < 4.78 is 0. The number of rotatable bonds is 2. The normalized spacial score (nSPS) is 56.2. The van der Waals surface area contributed by atoms with Gasteiger partial charge in [0.15, 0.2) is 0 Å². The fourth-order valence-electron chi connectivity index (χ4n) is 3.78. The molecule has 0 aromatic rings. The number of hydrogen-bond acceptors (Lipinski definition) is 0. The minimum atomic E-state index is 1.05. The Morgan fingerprint density at radius 2 is 1.75 bits per heavy atom. The van der Waals surface area contributed by atoms with Crippen LogP contribution in [0.2, 0.25) is 0 Å². The van der Waals surface area contributed by atoms with Crippen LogP contribution in [-0.2, 0) is 0 Å².